The van der Waals surface area contributed by atoms with Gasteiger partial charge in [-0.3, -0.25) is 4.79 Å². The number of carbonyl (C=O) groups excluding carboxylic acids is 2. The molecule has 8 rings (SSSR count). The van der Waals surface area contributed by atoms with Crippen LogP contribution in [0.5, 0.6) is 11.5 Å². The lowest BCUT2D eigenvalue weighted by Crippen LogP contribution is -2.50. The number of nitrogens with one attached hydrogen (secondary N) is 4. The van der Waals surface area contributed by atoms with Gasteiger partial charge in [-0.25, -0.2) is 14.8 Å². The van der Waals surface area contributed by atoms with Crippen LogP contribution in [0, 0.1) is 0 Å². The SMILES string of the molecule is CCC(=O)N[C@H]1C[C@@H](n2cnc3c(NCC(c4ccc(O)cc4)c4ccc(O)cc4)nc(N4CC[C@@H](NC(=O)NC5CCN(c6ccccn6)CC5)C4)nc32)[C@H](O)[C@@H]1O. The molecule has 3 amide bonds. The van der Waals surface area contributed by atoms with E-state index in [1.807, 2.05) is 47.4 Å². The molecular formula is C42H51N11O6. The first-order valence-electron chi connectivity index (χ1n) is 20.3. The Morgan fingerprint density at radius 3 is 2.12 bits per heavy atom. The van der Waals surface area contributed by atoms with E-state index in [0.717, 1.165) is 42.9 Å². The molecule has 0 unspecified atom stereocenters. The minimum absolute atomic E-state index is 0.0541. The third-order valence-electron chi connectivity index (χ3n) is 11.8. The van der Waals surface area contributed by atoms with Crippen molar-refractivity contribution in [3.8, 4) is 11.5 Å². The number of aliphatic hydroxyl groups is 2. The average Bonchev–Trinajstić information content (AvgIpc) is 3.97. The number of imidazole rings is 1. The maximum Gasteiger partial charge on any atom is 0.315 e. The van der Waals surface area contributed by atoms with Crippen LogP contribution in [0.4, 0.5) is 22.4 Å². The molecule has 2 aromatic carbocycles. The maximum atomic E-state index is 13.2. The van der Waals surface area contributed by atoms with Crippen molar-refractivity contribution in [3.63, 3.8) is 0 Å². The minimum Gasteiger partial charge on any atom is -0.508 e. The number of phenols is 2. The molecule has 5 heterocycles. The zero-order chi connectivity index (χ0) is 41.0. The van der Waals surface area contributed by atoms with Crippen molar-refractivity contribution in [2.75, 3.05) is 47.8 Å². The smallest absolute Gasteiger partial charge is 0.315 e. The molecule has 1 aliphatic carbocycles. The summed E-state index contributed by atoms with van der Waals surface area (Å²) in [6, 6.07) is 18.2. The third-order valence-corrected chi connectivity index (χ3v) is 11.8. The number of pyridine rings is 1. The average molecular weight is 806 g/mol. The first-order chi connectivity index (χ1) is 28.6. The zero-order valence-corrected chi connectivity index (χ0v) is 32.9. The molecule has 8 N–H and O–H groups in total. The lowest BCUT2D eigenvalue weighted by atomic mass is 9.91. The number of aliphatic hydroxyl groups excluding tert-OH is 2. The van der Waals surface area contributed by atoms with Gasteiger partial charge in [0.1, 0.15) is 29.5 Å². The first kappa shape index (κ1) is 39.6. The van der Waals surface area contributed by atoms with Gasteiger partial charge in [0, 0.05) is 63.3 Å². The van der Waals surface area contributed by atoms with Crippen LogP contribution in [0.1, 0.15) is 62.1 Å². The number of urea groups is 1. The summed E-state index contributed by atoms with van der Waals surface area (Å²) >= 11 is 0. The van der Waals surface area contributed by atoms with Gasteiger partial charge in [0.05, 0.1) is 18.4 Å². The molecule has 0 bridgehead atoms. The summed E-state index contributed by atoms with van der Waals surface area (Å²) in [7, 11) is 0. The number of piperidine rings is 1. The van der Waals surface area contributed by atoms with Gasteiger partial charge in [-0.15, -0.1) is 0 Å². The molecule has 3 aromatic heterocycles. The highest BCUT2D eigenvalue weighted by Gasteiger charge is 2.44. The van der Waals surface area contributed by atoms with Gasteiger partial charge in [0.15, 0.2) is 17.0 Å². The van der Waals surface area contributed by atoms with Crippen LogP contribution in [0.2, 0.25) is 0 Å². The second-order valence-electron chi connectivity index (χ2n) is 15.6. The molecule has 2 saturated heterocycles. The van der Waals surface area contributed by atoms with Crippen LogP contribution in [0.15, 0.2) is 79.3 Å². The van der Waals surface area contributed by atoms with E-state index < -0.39 is 24.3 Å². The normalized spacial score (nSPS) is 22.2. The molecule has 310 valence electrons. The molecule has 59 heavy (non-hydrogen) atoms. The standard InChI is InChI=1S/C42H51N11O6/c1-2-35(56)48-32-21-33(38(58)37(32)57)53-24-45-36-39(44-22-31(25-6-10-29(54)11-7-25)26-8-12-30(55)13-9-26)49-41(50-40(36)53)52-20-16-28(23-52)47-42(59)46-27-14-18-51(19-15-27)34-5-3-4-17-43-34/h3-13,17,24,27-28,31-33,37-38,54-55,57-58H,2,14-16,18-23H2,1H3,(H,48,56)(H,44,49,50)(H2,46,47,59)/t28-,32+,33-,37-,38+/m1/s1. The van der Waals surface area contributed by atoms with Crippen molar-refractivity contribution in [1.29, 1.82) is 0 Å². The van der Waals surface area contributed by atoms with Crippen molar-refractivity contribution in [1.82, 2.24) is 40.5 Å². The van der Waals surface area contributed by atoms with Gasteiger partial charge in [-0.2, -0.15) is 9.97 Å². The first-order valence-corrected chi connectivity index (χ1v) is 20.3. The number of fused-ring (bicyclic) bond motifs is 1. The summed E-state index contributed by atoms with van der Waals surface area (Å²) in [6.45, 7) is 4.74. The van der Waals surface area contributed by atoms with Crippen molar-refractivity contribution >= 4 is 40.7 Å². The highest BCUT2D eigenvalue weighted by atomic mass is 16.3. The van der Waals surface area contributed by atoms with Gasteiger partial charge < -0.3 is 56.1 Å². The van der Waals surface area contributed by atoms with Gasteiger partial charge >= 0.3 is 6.03 Å². The lowest BCUT2D eigenvalue weighted by molar-refractivity contribution is -0.122. The number of aromatic nitrogens is 5. The minimum atomic E-state index is -1.20. The van der Waals surface area contributed by atoms with E-state index >= 15 is 0 Å². The summed E-state index contributed by atoms with van der Waals surface area (Å²) in [5.41, 5.74) is 2.73. The Morgan fingerprint density at radius 2 is 1.46 bits per heavy atom. The summed E-state index contributed by atoms with van der Waals surface area (Å²) in [5.74, 6) is 1.65. The highest BCUT2D eigenvalue weighted by molar-refractivity contribution is 5.85. The largest absolute Gasteiger partial charge is 0.508 e. The van der Waals surface area contributed by atoms with Crippen LogP contribution in [-0.4, -0.2) is 120 Å². The fourth-order valence-electron chi connectivity index (χ4n) is 8.45. The zero-order valence-electron chi connectivity index (χ0n) is 32.9. The summed E-state index contributed by atoms with van der Waals surface area (Å²) in [6.07, 6.45) is 3.80. The van der Waals surface area contributed by atoms with Crippen molar-refractivity contribution in [3.05, 3.63) is 90.4 Å². The Hall–Kier alpha value is -6.20. The Kier molecular flexibility index (Phi) is 11.6. The predicted molar refractivity (Wildman–Crippen MR) is 222 cm³/mol. The summed E-state index contributed by atoms with van der Waals surface area (Å²) in [4.78, 5) is 48.9. The monoisotopic (exact) mass is 805 g/mol. The number of amides is 3. The molecule has 1 saturated carbocycles. The number of nitrogens with zero attached hydrogens (tertiary/aromatic N) is 7. The summed E-state index contributed by atoms with van der Waals surface area (Å²) in [5, 5.41) is 54.9. The van der Waals surface area contributed by atoms with E-state index in [9.17, 15) is 30.0 Å². The second-order valence-corrected chi connectivity index (χ2v) is 15.6. The molecule has 17 nitrogen and oxygen atoms in total. The van der Waals surface area contributed by atoms with Crippen LogP contribution in [0.3, 0.4) is 0 Å². The van der Waals surface area contributed by atoms with E-state index in [0.29, 0.717) is 49.0 Å². The fourth-order valence-corrected chi connectivity index (χ4v) is 8.45. The Morgan fingerprint density at radius 1 is 0.797 bits per heavy atom. The van der Waals surface area contributed by atoms with Crippen LogP contribution in [0.25, 0.3) is 11.2 Å². The summed E-state index contributed by atoms with van der Waals surface area (Å²) < 4.78 is 1.74. The topological polar surface area (TPSA) is 226 Å². The number of hydrogen-bond donors (Lipinski definition) is 8. The molecule has 3 fully saturated rings. The van der Waals surface area contributed by atoms with E-state index in [-0.39, 0.29) is 54.3 Å². The van der Waals surface area contributed by atoms with Crippen LogP contribution in [-0.2, 0) is 4.79 Å². The number of benzene rings is 2. The Bertz CT molecular complexity index is 2170. The number of hydrogen-bond acceptors (Lipinski definition) is 13. The molecular weight excluding hydrogens is 755 g/mol. The van der Waals surface area contributed by atoms with Crippen LogP contribution < -0.4 is 31.1 Å². The van der Waals surface area contributed by atoms with Crippen molar-refractivity contribution in [2.24, 2.45) is 0 Å². The van der Waals surface area contributed by atoms with Crippen LogP contribution >= 0.6 is 0 Å². The molecule has 2 aliphatic heterocycles. The van der Waals surface area contributed by atoms with Gasteiger partial charge in [0.25, 0.3) is 0 Å². The fraction of sp³-hybridized carbons (Fsp3) is 0.429. The number of anilines is 3. The number of phenolic OH excluding ortho intramolecular Hbond substituents is 2. The molecule has 0 spiro atoms. The highest BCUT2D eigenvalue weighted by Crippen LogP contribution is 2.36. The van der Waals surface area contributed by atoms with E-state index in [4.69, 9.17) is 15.0 Å². The molecule has 5 aromatic rings. The quantitative estimate of drug-likeness (QED) is 0.0909. The van der Waals surface area contributed by atoms with Gasteiger partial charge in [0.2, 0.25) is 11.9 Å². The van der Waals surface area contributed by atoms with Gasteiger partial charge in [-0.05, 0) is 73.2 Å². The van der Waals surface area contributed by atoms with E-state index in [1.54, 1.807) is 48.3 Å². The number of carbonyl (C=O) groups is 2. The molecule has 0 radical (unpaired) electrons. The predicted octanol–water partition coefficient (Wildman–Crippen LogP) is 2.98. The second kappa shape index (κ2) is 17.3. The molecule has 3 aliphatic rings. The van der Waals surface area contributed by atoms with Gasteiger partial charge in [-0.1, -0.05) is 37.3 Å². The Labute approximate surface area is 341 Å². The third kappa shape index (κ3) is 8.80. The molecule has 17 heteroatoms. The van der Waals surface area contributed by atoms with Crippen molar-refractivity contribution < 1.29 is 30.0 Å². The maximum absolute atomic E-state index is 13.2. The van der Waals surface area contributed by atoms with Crippen molar-refractivity contribution in [2.45, 2.75) is 81.3 Å². The van der Waals surface area contributed by atoms with E-state index in [1.165, 1.54) is 0 Å². The number of aromatic hydroxyl groups is 2. The molecule has 5 atom stereocenters. The number of rotatable bonds is 12. The van der Waals surface area contributed by atoms with E-state index in [2.05, 4.69) is 31.2 Å². The Balaban J connectivity index is 1.02. The lowest BCUT2D eigenvalue weighted by Gasteiger charge is -2.33.